The van der Waals surface area contributed by atoms with Crippen LogP contribution in [0.2, 0.25) is 0 Å². The normalized spacial score (nSPS) is 13.1. The van der Waals surface area contributed by atoms with Crippen molar-refractivity contribution in [2.24, 2.45) is 0 Å². The molecular formula is C60H40N2. The largest absolute Gasteiger partial charge is 0.309 e. The Morgan fingerprint density at radius 1 is 0.306 bits per heavy atom. The van der Waals surface area contributed by atoms with Gasteiger partial charge in [-0.2, -0.15) is 0 Å². The molecule has 1 aliphatic rings. The fraction of sp³-hybridized carbons (Fsp3) is 0.0333. The Labute approximate surface area is 359 Å². The second-order valence-electron chi connectivity index (χ2n) is 16.7. The van der Waals surface area contributed by atoms with Crippen molar-refractivity contribution < 1.29 is 0 Å². The number of nitrogens with zero attached hydrogens (tertiary/aromatic N) is 2. The molecule has 0 radical (unpaired) electrons. The first-order valence-corrected chi connectivity index (χ1v) is 21.7. The highest BCUT2D eigenvalue weighted by molar-refractivity contribution is 6.26. The van der Waals surface area contributed by atoms with E-state index in [1.807, 2.05) is 0 Å². The smallest absolute Gasteiger partial charge is 0.0619 e. The summed E-state index contributed by atoms with van der Waals surface area (Å²) >= 11 is 0. The molecule has 2 nitrogen and oxygen atoms in total. The molecule has 0 atom stereocenters. The van der Waals surface area contributed by atoms with Crippen LogP contribution in [0.25, 0.3) is 115 Å². The maximum atomic E-state index is 2.53. The average molecular weight is 789 g/mol. The lowest BCUT2D eigenvalue weighted by Crippen LogP contribution is -1.97. The zero-order valence-corrected chi connectivity index (χ0v) is 34.1. The molecule has 10 aromatic carbocycles. The molecule has 12 aromatic rings. The zero-order valence-electron chi connectivity index (χ0n) is 34.1. The van der Waals surface area contributed by atoms with Crippen molar-refractivity contribution in [3.05, 3.63) is 224 Å². The second-order valence-corrected chi connectivity index (χ2v) is 16.7. The Hall–Kier alpha value is -7.94. The summed E-state index contributed by atoms with van der Waals surface area (Å²) in [6, 6.07) is 74.3. The first kappa shape index (κ1) is 34.9. The Kier molecular flexibility index (Phi) is 7.77. The number of fused-ring (bicyclic) bond motifs is 12. The molecule has 0 fully saturated rings. The maximum absolute atomic E-state index is 2.53. The van der Waals surface area contributed by atoms with Crippen molar-refractivity contribution in [2.45, 2.75) is 12.8 Å². The summed E-state index contributed by atoms with van der Waals surface area (Å²) in [5, 5.41) is 12.7. The molecule has 13 rings (SSSR count). The summed E-state index contributed by atoms with van der Waals surface area (Å²) in [7, 11) is 0. The fourth-order valence-electron chi connectivity index (χ4n) is 10.5. The summed E-state index contributed by atoms with van der Waals surface area (Å²) in [5.74, 6) is 0. The number of allylic oxidation sites excluding steroid dienone is 4. The van der Waals surface area contributed by atoms with Gasteiger partial charge in [-0.25, -0.2) is 0 Å². The lowest BCUT2D eigenvalue weighted by atomic mass is 9.92. The van der Waals surface area contributed by atoms with E-state index >= 15 is 0 Å². The van der Waals surface area contributed by atoms with Gasteiger partial charge in [0, 0.05) is 38.5 Å². The van der Waals surface area contributed by atoms with E-state index in [0.29, 0.717) is 0 Å². The van der Waals surface area contributed by atoms with Crippen LogP contribution in [0.3, 0.4) is 0 Å². The number of benzene rings is 10. The lowest BCUT2D eigenvalue weighted by Gasteiger charge is -2.16. The van der Waals surface area contributed by atoms with Crippen LogP contribution in [-0.2, 0) is 0 Å². The Bertz CT molecular complexity index is 3810. The molecule has 0 amide bonds. The first-order chi connectivity index (χ1) is 30.8. The Morgan fingerprint density at radius 2 is 0.855 bits per heavy atom. The molecule has 0 spiro atoms. The number of hydrogen-bond acceptors (Lipinski definition) is 0. The van der Waals surface area contributed by atoms with Gasteiger partial charge < -0.3 is 9.13 Å². The number of rotatable bonds is 5. The summed E-state index contributed by atoms with van der Waals surface area (Å²) in [6.07, 6.45) is 9.17. The highest BCUT2D eigenvalue weighted by Crippen LogP contribution is 2.44. The number of para-hydroxylation sites is 2. The van der Waals surface area contributed by atoms with Crippen LogP contribution in [-0.4, -0.2) is 9.13 Å². The molecule has 0 N–H and O–H groups in total. The van der Waals surface area contributed by atoms with Gasteiger partial charge in [0.1, 0.15) is 0 Å². The highest BCUT2D eigenvalue weighted by atomic mass is 15.0. The molecule has 0 unspecified atom stereocenters. The van der Waals surface area contributed by atoms with Crippen molar-refractivity contribution >= 4 is 81.5 Å². The molecule has 0 saturated heterocycles. The standard InChI is InChI=1S/C60H40N2/c1-4-16-39(17-5-1)43-36-52(40-18-6-2-7-19-40)60-56(37-43)55-35-42(41-28-32-58-54(34-41)51-26-14-15-27-57(51)61(58)44-20-8-3-9-21-44)29-33-59(55)62(60)45-30-31-50-48-24-11-10-22-46(48)47-23-12-13-25-49(47)53(50)38-45/h2-4,6-38H,1,5H2. The third kappa shape index (κ3) is 5.30. The van der Waals surface area contributed by atoms with Gasteiger partial charge in [0.05, 0.1) is 22.1 Å². The number of aromatic nitrogens is 2. The Balaban J connectivity index is 1.10. The molecule has 0 bridgehead atoms. The van der Waals surface area contributed by atoms with Crippen molar-refractivity contribution in [1.82, 2.24) is 9.13 Å². The molecule has 290 valence electrons. The van der Waals surface area contributed by atoms with Gasteiger partial charge in [0.2, 0.25) is 0 Å². The summed E-state index contributed by atoms with van der Waals surface area (Å²) < 4.78 is 4.92. The van der Waals surface area contributed by atoms with Gasteiger partial charge in [-0.05, 0) is 140 Å². The minimum atomic E-state index is 1.05. The van der Waals surface area contributed by atoms with Gasteiger partial charge in [-0.1, -0.05) is 152 Å². The van der Waals surface area contributed by atoms with Crippen LogP contribution in [0.4, 0.5) is 0 Å². The van der Waals surface area contributed by atoms with Gasteiger partial charge in [0.15, 0.2) is 0 Å². The maximum Gasteiger partial charge on any atom is 0.0619 e. The minimum absolute atomic E-state index is 1.05. The molecule has 62 heavy (non-hydrogen) atoms. The van der Waals surface area contributed by atoms with E-state index in [4.69, 9.17) is 0 Å². The monoisotopic (exact) mass is 788 g/mol. The van der Waals surface area contributed by atoms with Crippen LogP contribution < -0.4 is 0 Å². The van der Waals surface area contributed by atoms with Gasteiger partial charge in [-0.3, -0.25) is 0 Å². The van der Waals surface area contributed by atoms with Crippen LogP contribution in [0.15, 0.2) is 218 Å². The summed E-state index contributed by atoms with van der Waals surface area (Å²) in [5.41, 5.74) is 14.6. The van der Waals surface area contributed by atoms with E-state index in [1.54, 1.807) is 0 Å². The van der Waals surface area contributed by atoms with Crippen LogP contribution >= 0.6 is 0 Å². The molecule has 1 aliphatic carbocycles. The molecule has 2 heteroatoms. The van der Waals surface area contributed by atoms with Crippen molar-refractivity contribution in [1.29, 1.82) is 0 Å². The SMILES string of the molecule is C1=CC(c2cc(-c3ccccc3)c3c(c2)c2cc(-c4ccc5c(c4)c4ccccc4n5-c4ccccc4)ccc2n3-c2ccc3c4ccccc4c4ccccc4c3c2)=CCC1. The van der Waals surface area contributed by atoms with Gasteiger partial charge in [-0.15, -0.1) is 0 Å². The fourth-order valence-corrected chi connectivity index (χ4v) is 10.5. The predicted molar refractivity (Wildman–Crippen MR) is 265 cm³/mol. The third-order valence-electron chi connectivity index (χ3n) is 13.3. The summed E-state index contributed by atoms with van der Waals surface area (Å²) in [4.78, 5) is 0. The Morgan fingerprint density at radius 3 is 1.53 bits per heavy atom. The quantitative estimate of drug-likeness (QED) is 0.154. The minimum Gasteiger partial charge on any atom is -0.309 e. The zero-order chi connectivity index (χ0) is 40.7. The van der Waals surface area contributed by atoms with Crippen LogP contribution in [0, 0.1) is 0 Å². The van der Waals surface area contributed by atoms with E-state index in [1.165, 1.54) is 115 Å². The van der Waals surface area contributed by atoms with E-state index in [2.05, 4.69) is 228 Å². The highest BCUT2D eigenvalue weighted by Gasteiger charge is 2.21. The van der Waals surface area contributed by atoms with E-state index < -0.39 is 0 Å². The van der Waals surface area contributed by atoms with E-state index in [-0.39, 0.29) is 0 Å². The molecular weight excluding hydrogens is 749 g/mol. The van der Waals surface area contributed by atoms with Crippen molar-refractivity contribution in [3.63, 3.8) is 0 Å². The second kappa shape index (κ2) is 13.8. The van der Waals surface area contributed by atoms with Crippen LogP contribution in [0.5, 0.6) is 0 Å². The topological polar surface area (TPSA) is 9.86 Å². The van der Waals surface area contributed by atoms with Crippen molar-refractivity contribution in [2.75, 3.05) is 0 Å². The number of hydrogen-bond donors (Lipinski definition) is 0. The van der Waals surface area contributed by atoms with Crippen molar-refractivity contribution in [3.8, 4) is 33.6 Å². The average Bonchev–Trinajstić information content (AvgIpc) is 3.86. The lowest BCUT2D eigenvalue weighted by molar-refractivity contribution is 1.04. The van der Waals surface area contributed by atoms with Crippen LogP contribution in [0.1, 0.15) is 18.4 Å². The first-order valence-electron chi connectivity index (χ1n) is 21.7. The van der Waals surface area contributed by atoms with Gasteiger partial charge in [0.25, 0.3) is 0 Å². The third-order valence-corrected chi connectivity index (χ3v) is 13.3. The molecule has 2 aromatic heterocycles. The van der Waals surface area contributed by atoms with E-state index in [0.717, 1.165) is 18.5 Å². The van der Waals surface area contributed by atoms with E-state index in [9.17, 15) is 0 Å². The predicted octanol–water partition coefficient (Wildman–Crippen LogP) is 16.4. The molecule has 0 saturated carbocycles. The molecule has 2 heterocycles. The van der Waals surface area contributed by atoms with Gasteiger partial charge >= 0.3 is 0 Å². The molecule has 0 aliphatic heterocycles. The summed E-state index contributed by atoms with van der Waals surface area (Å²) in [6.45, 7) is 0.